The largest absolute Gasteiger partial charge is 0.462 e. The van der Waals surface area contributed by atoms with Gasteiger partial charge >= 0.3 is 11.9 Å². The monoisotopic (exact) mass is 604 g/mol. The smallest absolute Gasteiger partial charge is 0.306 e. The molecule has 242 valence electrons. The third-order valence-corrected chi connectivity index (χ3v) is 5.88. The summed E-state index contributed by atoms with van der Waals surface area (Å²) >= 11 is 0. The molecule has 0 fully saturated rings. The third kappa shape index (κ3) is 31.2. The summed E-state index contributed by atoms with van der Waals surface area (Å²) in [7, 11) is 0. The summed E-state index contributed by atoms with van der Waals surface area (Å²) in [5.41, 5.74) is 0. The van der Waals surface area contributed by atoms with Gasteiger partial charge in [-0.3, -0.25) is 9.59 Å². The number of aliphatic hydroxyl groups is 1. The Bertz CT molecular complexity index is 1000. The van der Waals surface area contributed by atoms with Crippen LogP contribution in [-0.4, -0.2) is 36.4 Å². The minimum absolute atomic E-state index is 0.135. The molecule has 44 heavy (non-hydrogen) atoms. The third-order valence-electron chi connectivity index (χ3n) is 5.88. The van der Waals surface area contributed by atoms with Gasteiger partial charge < -0.3 is 14.6 Å². The van der Waals surface area contributed by atoms with E-state index in [1.54, 1.807) is 0 Å². The molecule has 0 spiro atoms. The molecule has 0 aliphatic carbocycles. The van der Waals surface area contributed by atoms with E-state index in [0.717, 1.165) is 51.4 Å². The van der Waals surface area contributed by atoms with Crippen molar-refractivity contribution < 1.29 is 24.2 Å². The molecule has 0 aliphatic rings. The zero-order chi connectivity index (χ0) is 32.2. The minimum atomic E-state index is -0.837. The predicted molar refractivity (Wildman–Crippen MR) is 186 cm³/mol. The van der Waals surface area contributed by atoms with E-state index >= 15 is 0 Å². The van der Waals surface area contributed by atoms with Crippen LogP contribution in [0.15, 0.2) is 122 Å². The summed E-state index contributed by atoms with van der Waals surface area (Å²) in [6.07, 6.45) is 49.7. The van der Waals surface area contributed by atoms with E-state index in [4.69, 9.17) is 9.47 Å². The number of carbonyl (C=O) groups excluding carboxylic acids is 2. The number of hydrogen-bond donors (Lipinski definition) is 1. The van der Waals surface area contributed by atoms with Crippen molar-refractivity contribution in [3.63, 3.8) is 0 Å². The average molecular weight is 605 g/mol. The maximum atomic E-state index is 12.1. The number of esters is 2. The van der Waals surface area contributed by atoms with E-state index < -0.39 is 12.1 Å². The number of aliphatic hydroxyl groups excluding tert-OH is 1. The van der Waals surface area contributed by atoms with Crippen LogP contribution in [0, 0.1) is 0 Å². The van der Waals surface area contributed by atoms with Gasteiger partial charge in [0.1, 0.15) is 6.61 Å². The molecule has 5 heteroatoms. The van der Waals surface area contributed by atoms with Crippen molar-refractivity contribution in [2.45, 2.75) is 97.0 Å². The van der Waals surface area contributed by atoms with E-state index in [0.29, 0.717) is 12.8 Å². The summed E-state index contributed by atoms with van der Waals surface area (Å²) in [5.74, 6) is -0.765. The van der Waals surface area contributed by atoms with Crippen LogP contribution in [0.3, 0.4) is 0 Å². The highest BCUT2D eigenvalue weighted by molar-refractivity contribution is 5.70. The Labute approximate surface area is 267 Å². The summed E-state index contributed by atoms with van der Waals surface area (Å²) in [5, 5.41) is 9.48. The second-order valence-electron chi connectivity index (χ2n) is 9.89. The number of rotatable bonds is 26. The van der Waals surface area contributed by atoms with Gasteiger partial charge in [-0.1, -0.05) is 135 Å². The molecule has 0 aromatic rings. The molecule has 0 bridgehead atoms. The van der Waals surface area contributed by atoms with E-state index in [-0.39, 0.29) is 32.0 Å². The van der Waals surface area contributed by atoms with Crippen molar-refractivity contribution in [1.82, 2.24) is 0 Å². The lowest BCUT2D eigenvalue weighted by Gasteiger charge is -2.15. The van der Waals surface area contributed by atoms with Crippen LogP contribution in [-0.2, 0) is 19.1 Å². The Hall–Kier alpha value is -3.70. The van der Waals surface area contributed by atoms with E-state index in [9.17, 15) is 14.7 Å². The number of unbranched alkanes of at least 4 members (excludes halogenated alkanes) is 2. The fraction of sp³-hybridized carbons (Fsp3) is 0.436. The molecule has 1 N–H and O–H groups in total. The molecule has 1 unspecified atom stereocenters. The Morgan fingerprint density at radius 2 is 0.977 bits per heavy atom. The lowest BCUT2D eigenvalue weighted by atomic mass is 10.2. The van der Waals surface area contributed by atoms with E-state index in [2.05, 4.69) is 80.7 Å². The maximum Gasteiger partial charge on any atom is 0.306 e. The molecule has 0 heterocycles. The Morgan fingerprint density at radius 3 is 1.50 bits per heavy atom. The normalized spacial score (nSPS) is 13.8. The first-order valence-electron chi connectivity index (χ1n) is 16.2. The summed E-state index contributed by atoms with van der Waals surface area (Å²) in [6, 6.07) is 0. The average Bonchev–Trinajstić information content (AvgIpc) is 3.02. The lowest BCUT2D eigenvalue weighted by Crippen LogP contribution is -2.28. The van der Waals surface area contributed by atoms with Crippen molar-refractivity contribution in [3.05, 3.63) is 122 Å². The van der Waals surface area contributed by atoms with Gasteiger partial charge in [-0.2, -0.15) is 0 Å². The van der Waals surface area contributed by atoms with Gasteiger partial charge in [-0.15, -0.1) is 0 Å². The number of ether oxygens (including phenoxy) is 2. The molecule has 0 aromatic heterocycles. The zero-order valence-electron chi connectivity index (χ0n) is 27.1. The quantitative estimate of drug-likeness (QED) is 0.0460. The molecule has 0 saturated heterocycles. The highest BCUT2D eigenvalue weighted by atomic mass is 16.6. The summed E-state index contributed by atoms with van der Waals surface area (Å²) in [6.45, 7) is 3.72. The van der Waals surface area contributed by atoms with Gasteiger partial charge in [0, 0.05) is 12.8 Å². The second kappa shape index (κ2) is 33.8. The van der Waals surface area contributed by atoms with Crippen molar-refractivity contribution in [2.24, 2.45) is 0 Å². The summed E-state index contributed by atoms with van der Waals surface area (Å²) < 4.78 is 10.4. The maximum absolute atomic E-state index is 12.1. The fourth-order valence-corrected chi connectivity index (χ4v) is 3.50. The van der Waals surface area contributed by atoms with E-state index in [1.165, 1.54) is 0 Å². The van der Waals surface area contributed by atoms with Crippen LogP contribution < -0.4 is 0 Å². The lowest BCUT2D eigenvalue weighted by molar-refractivity contribution is -0.161. The molecule has 0 aliphatic heterocycles. The van der Waals surface area contributed by atoms with Gasteiger partial charge in [0.05, 0.1) is 6.61 Å². The van der Waals surface area contributed by atoms with Crippen LogP contribution in [0.5, 0.6) is 0 Å². The van der Waals surface area contributed by atoms with E-state index in [1.807, 2.05) is 54.7 Å². The molecule has 5 nitrogen and oxygen atoms in total. The van der Waals surface area contributed by atoms with Crippen LogP contribution in [0.25, 0.3) is 0 Å². The Morgan fingerprint density at radius 1 is 0.545 bits per heavy atom. The Kier molecular flexibility index (Phi) is 31.0. The van der Waals surface area contributed by atoms with Crippen molar-refractivity contribution in [1.29, 1.82) is 0 Å². The van der Waals surface area contributed by atoms with Gasteiger partial charge in [0.15, 0.2) is 6.10 Å². The summed E-state index contributed by atoms with van der Waals surface area (Å²) in [4.78, 5) is 24.1. The minimum Gasteiger partial charge on any atom is -0.462 e. The SMILES string of the molecule is CC/C=C/C=C/C=C/C=C/C=C/CCCC(=O)OCC(CO)OC(=O)CCC/C=C/C/C=C/C/C=C/C/C=C/C/C=C/CC. The van der Waals surface area contributed by atoms with Gasteiger partial charge in [0.2, 0.25) is 0 Å². The standard InChI is InChI=1S/C39H56O5/c1-3-5-7-9-11-13-15-17-18-19-20-22-24-26-28-30-32-34-39(42)44-37(35-40)36-43-38(41)33-31-29-27-25-23-21-16-14-12-10-8-6-4-2/h5-8,10-14,16-18,20-23,25-28,37,40H,3-4,9,15,19,24,29-36H2,1-2H3/b7-5+,8-6+,12-10+,13-11+,16-14+,18-17+,22-20+,23-21+,27-25+,28-26+. The zero-order valence-corrected chi connectivity index (χ0v) is 27.1. The first-order valence-corrected chi connectivity index (χ1v) is 16.2. The molecular formula is C39H56O5. The molecule has 0 saturated carbocycles. The van der Waals surface area contributed by atoms with Crippen LogP contribution in [0.2, 0.25) is 0 Å². The van der Waals surface area contributed by atoms with Gasteiger partial charge in [-0.25, -0.2) is 0 Å². The molecule has 0 amide bonds. The first kappa shape index (κ1) is 40.3. The first-order chi connectivity index (χ1) is 21.6. The highest BCUT2D eigenvalue weighted by Crippen LogP contribution is 2.05. The fourth-order valence-electron chi connectivity index (χ4n) is 3.50. The number of carbonyl (C=O) groups is 2. The van der Waals surface area contributed by atoms with Gasteiger partial charge in [0.25, 0.3) is 0 Å². The molecular weight excluding hydrogens is 548 g/mol. The molecule has 0 aromatic carbocycles. The second-order valence-corrected chi connectivity index (χ2v) is 9.89. The highest BCUT2D eigenvalue weighted by Gasteiger charge is 2.15. The number of allylic oxidation sites excluding steroid dienone is 20. The Balaban J connectivity index is 3.89. The van der Waals surface area contributed by atoms with Gasteiger partial charge in [-0.05, 0) is 64.2 Å². The molecule has 1 atom stereocenters. The van der Waals surface area contributed by atoms with Crippen LogP contribution in [0.4, 0.5) is 0 Å². The van der Waals surface area contributed by atoms with Crippen molar-refractivity contribution in [3.8, 4) is 0 Å². The van der Waals surface area contributed by atoms with Crippen LogP contribution in [0.1, 0.15) is 90.9 Å². The van der Waals surface area contributed by atoms with Crippen molar-refractivity contribution in [2.75, 3.05) is 13.2 Å². The topological polar surface area (TPSA) is 72.8 Å². The van der Waals surface area contributed by atoms with Crippen LogP contribution >= 0.6 is 0 Å². The number of hydrogen-bond acceptors (Lipinski definition) is 5. The molecule has 0 radical (unpaired) electrons. The molecule has 0 rings (SSSR count). The van der Waals surface area contributed by atoms with Crippen molar-refractivity contribution >= 4 is 11.9 Å². The predicted octanol–water partition coefficient (Wildman–Crippen LogP) is 9.72.